The number of thiophene rings is 1. The number of hydrogen-bond acceptors (Lipinski definition) is 13. The Morgan fingerprint density at radius 2 is 1.23 bits per heavy atom. The highest BCUT2D eigenvalue weighted by molar-refractivity contribution is 7.07. The van der Waals surface area contributed by atoms with Gasteiger partial charge in [-0.15, -0.1) is 5.11 Å². The van der Waals surface area contributed by atoms with E-state index in [0.717, 1.165) is 52.0 Å². The lowest BCUT2D eigenvalue weighted by Gasteiger charge is -2.11. The number of pyridine rings is 1. The number of azo groups is 1. The second kappa shape index (κ2) is 46.2. The summed E-state index contributed by atoms with van der Waals surface area (Å²) in [6, 6.07) is 21.8. The highest BCUT2D eigenvalue weighted by atomic mass is 32.1. The van der Waals surface area contributed by atoms with Crippen LogP contribution < -0.4 is 21.3 Å². The van der Waals surface area contributed by atoms with E-state index >= 15 is 0 Å². The number of allylic oxidation sites excluding steroid dienone is 4. The zero-order chi connectivity index (χ0) is 42.8. The number of benzene rings is 1. The number of H-pyrrole nitrogens is 1. The van der Waals surface area contributed by atoms with E-state index in [9.17, 15) is 4.79 Å². The lowest BCUT2D eigenvalue weighted by atomic mass is 10.3. The van der Waals surface area contributed by atoms with Gasteiger partial charge in [-0.25, -0.2) is 4.99 Å². The van der Waals surface area contributed by atoms with E-state index in [0.29, 0.717) is 6.67 Å². The average molecular weight is 837 g/mol. The summed E-state index contributed by atoms with van der Waals surface area (Å²) < 4.78 is 0. The van der Waals surface area contributed by atoms with Crippen LogP contribution >= 0.6 is 11.3 Å². The molecule has 324 valence electrons. The van der Waals surface area contributed by atoms with Crippen molar-refractivity contribution >= 4 is 29.7 Å². The summed E-state index contributed by atoms with van der Waals surface area (Å²) in [4.78, 5) is 21.3. The smallest absolute Gasteiger partial charge is 0.155 e. The van der Waals surface area contributed by atoms with Crippen molar-refractivity contribution in [2.75, 3.05) is 52.5 Å². The first kappa shape index (κ1) is 52.5. The number of nitrogens with zero attached hydrogens (tertiary/aromatic N) is 7. The van der Waals surface area contributed by atoms with Gasteiger partial charge in [0.25, 0.3) is 0 Å². The van der Waals surface area contributed by atoms with Crippen LogP contribution in [0.1, 0.15) is 64.2 Å². The monoisotopic (exact) mass is 837 g/mol. The Morgan fingerprint density at radius 1 is 0.617 bits per heavy atom. The Bertz CT molecular complexity index is 1380. The Hall–Kier alpha value is -5.54. The standard InChI is InChI=1S/C6H10.C6H6.C5H5N.C5H6O.C4H10N2.C4H9N.C4H7N.C4H5N.C4H4S.2C2H3N3/c1-6-4-2-3-5-6;2*1-2-4-6-5-3-1;6-5-3-1-2-4-5;1-2-6-4-3-5-1;4*1-2-4-5-3-1;1-3-2-5-4-1;1-2-4-5-3-1/h1-5H2;1-6H;1-5H;1,3H,2,4H2;5-6H,1-4H2;5H,1-4H2;1,3,5H,2,4H2;1,3-4H,2H2;1-4H;1H,2H2;1-2H,(H,3,4,5). The molecule has 5 aliphatic heterocycles. The Labute approximate surface area is 362 Å². The van der Waals surface area contributed by atoms with Gasteiger partial charge in [0.05, 0.1) is 12.4 Å². The van der Waals surface area contributed by atoms with Crippen LogP contribution in [-0.4, -0.2) is 91.2 Å². The third kappa shape index (κ3) is 43.6. The molecule has 0 amide bonds. The molecule has 1 aromatic carbocycles. The minimum absolute atomic E-state index is 0.273. The maximum absolute atomic E-state index is 10.2. The largest absolute Gasteiger partial charge is 0.391 e. The molecule has 4 aromatic rings. The molecule has 3 fully saturated rings. The minimum atomic E-state index is 0.273. The fourth-order valence-corrected chi connectivity index (χ4v) is 5.08. The third-order valence-electron chi connectivity index (χ3n) is 7.67. The van der Waals surface area contributed by atoms with E-state index in [1.165, 1.54) is 69.9 Å². The molecule has 0 radical (unpaired) electrons. The number of carbonyl (C=O) groups excluding carboxylic acids is 1. The summed E-state index contributed by atoms with van der Waals surface area (Å²) in [5.74, 6) is 0.273. The molecule has 13 nitrogen and oxygen atoms in total. The van der Waals surface area contributed by atoms with Gasteiger partial charge in [0.1, 0.15) is 6.34 Å². The van der Waals surface area contributed by atoms with Crippen molar-refractivity contribution < 1.29 is 4.79 Å². The maximum atomic E-state index is 10.2. The van der Waals surface area contributed by atoms with Gasteiger partial charge < -0.3 is 21.3 Å². The number of nitrogens with one attached hydrogen (secondary N) is 5. The fraction of sp³-hybridized carbons (Fsp3) is 0.391. The van der Waals surface area contributed by atoms with Crippen LogP contribution in [0.4, 0.5) is 0 Å². The summed E-state index contributed by atoms with van der Waals surface area (Å²) in [7, 11) is 0. The van der Waals surface area contributed by atoms with Gasteiger partial charge in [-0.2, -0.15) is 31.9 Å². The van der Waals surface area contributed by atoms with E-state index in [2.05, 4.69) is 74.5 Å². The van der Waals surface area contributed by atoms with Crippen LogP contribution in [-0.2, 0) is 4.79 Å². The number of aromatic nitrogens is 4. The van der Waals surface area contributed by atoms with Crippen LogP contribution in [0, 0.1) is 0 Å². The van der Waals surface area contributed by atoms with Crippen LogP contribution in [0.2, 0.25) is 0 Å². The summed E-state index contributed by atoms with van der Waals surface area (Å²) in [6.45, 7) is 12.6. The molecule has 60 heavy (non-hydrogen) atoms. The summed E-state index contributed by atoms with van der Waals surface area (Å²) in [5, 5.41) is 33.0. The molecule has 0 bridgehead atoms. The third-order valence-corrected chi connectivity index (χ3v) is 8.29. The highest BCUT2D eigenvalue weighted by Crippen LogP contribution is 2.20. The molecule has 1 saturated carbocycles. The van der Waals surface area contributed by atoms with Crippen LogP contribution in [0.25, 0.3) is 0 Å². The molecule has 0 unspecified atom stereocenters. The van der Waals surface area contributed by atoms with Gasteiger partial charge in [0, 0.05) is 70.4 Å². The number of aromatic amines is 1. The molecule has 3 aromatic heterocycles. The van der Waals surface area contributed by atoms with E-state index in [1.54, 1.807) is 48.4 Å². The molecule has 5 N–H and O–H groups in total. The van der Waals surface area contributed by atoms with Crippen LogP contribution in [0.3, 0.4) is 0 Å². The molecular weight excluding hydrogens is 769 g/mol. The number of carbonyl (C=O) groups is 1. The second-order valence-corrected chi connectivity index (χ2v) is 13.6. The number of hydrogen-bond donors (Lipinski definition) is 5. The van der Waals surface area contributed by atoms with Crippen molar-refractivity contribution in [3.8, 4) is 0 Å². The predicted molar refractivity (Wildman–Crippen MR) is 252 cm³/mol. The molecule has 0 atom stereocenters. The predicted octanol–water partition coefficient (Wildman–Crippen LogP) is 8.80. The lowest BCUT2D eigenvalue weighted by Crippen LogP contribution is -2.39. The Kier molecular flexibility index (Phi) is 40.4. The topological polar surface area (TPSA) is 169 Å². The van der Waals surface area contributed by atoms with E-state index in [1.807, 2.05) is 102 Å². The zero-order valence-corrected chi connectivity index (χ0v) is 36.1. The molecule has 2 aliphatic carbocycles. The van der Waals surface area contributed by atoms with E-state index in [4.69, 9.17) is 0 Å². The van der Waals surface area contributed by atoms with Gasteiger partial charge in [-0.3, -0.25) is 14.8 Å². The van der Waals surface area contributed by atoms with Gasteiger partial charge in [0.2, 0.25) is 0 Å². The first-order valence-corrected chi connectivity index (χ1v) is 21.7. The normalized spacial score (nSPS) is 16.1. The molecular formula is C46H68N12OS. The average Bonchev–Trinajstić information content (AvgIpc) is 4.19. The minimum Gasteiger partial charge on any atom is -0.391 e. The van der Waals surface area contributed by atoms with Crippen LogP contribution in [0.5, 0.6) is 0 Å². The summed E-state index contributed by atoms with van der Waals surface area (Å²) in [6.07, 6.45) is 33.5. The number of rotatable bonds is 0. The van der Waals surface area contributed by atoms with Crippen molar-refractivity contribution in [3.05, 3.63) is 151 Å². The molecule has 2 saturated heterocycles. The first-order valence-electron chi connectivity index (χ1n) is 20.8. The number of ketones is 1. The summed E-state index contributed by atoms with van der Waals surface area (Å²) in [5.41, 5.74) is 1.45. The van der Waals surface area contributed by atoms with Crippen molar-refractivity contribution in [2.45, 2.75) is 64.2 Å². The van der Waals surface area contributed by atoms with Crippen molar-refractivity contribution in [1.82, 2.24) is 41.7 Å². The van der Waals surface area contributed by atoms with Gasteiger partial charge in [-0.1, -0.05) is 85.0 Å². The molecule has 0 spiro atoms. The first-order chi connectivity index (χ1) is 29.8. The fourth-order valence-electron chi connectivity index (χ4n) is 4.62. The van der Waals surface area contributed by atoms with Gasteiger partial charge in [0.15, 0.2) is 12.5 Å². The Morgan fingerprint density at radius 3 is 1.42 bits per heavy atom. The quantitative estimate of drug-likeness (QED) is 0.110. The SMILES string of the molecule is C1=CN=CC1.C1=CNCC1.C1=NCN=N1.C1CCNC1.C1CNCCN1.C=C1CCCC1.O=C1C=CCC1.c1ccccc1.c1ccncc1.c1ccsc1.c1cn[nH]n1. The number of piperazine rings is 1. The highest BCUT2D eigenvalue weighted by Gasteiger charge is 2.01. The summed E-state index contributed by atoms with van der Waals surface area (Å²) >= 11 is 1.71. The van der Waals surface area contributed by atoms with Crippen molar-refractivity contribution in [1.29, 1.82) is 0 Å². The van der Waals surface area contributed by atoms with Gasteiger partial charge >= 0.3 is 0 Å². The second-order valence-electron chi connectivity index (χ2n) is 12.7. The van der Waals surface area contributed by atoms with E-state index in [-0.39, 0.29) is 5.78 Å². The van der Waals surface area contributed by atoms with Crippen LogP contribution in [0.15, 0.2) is 171 Å². The van der Waals surface area contributed by atoms with Crippen molar-refractivity contribution in [3.63, 3.8) is 0 Å². The zero-order valence-electron chi connectivity index (χ0n) is 35.3. The Balaban J connectivity index is 0.000000330. The molecule has 14 heteroatoms. The molecule has 7 aliphatic rings. The number of aliphatic imine (C=N–C) groups is 2. The lowest BCUT2D eigenvalue weighted by molar-refractivity contribution is -0.114. The van der Waals surface area contributed by atoms with Crippen molar-refractivity contribution in [2.24, 2.45) is 20.2 Å². The molecule has 8 heterocycles. The molecule has 11 rings (SSSR count). The van der Waals surface area contributed by atoms with E-state index < -0.39 is 0 Å². The van der Waals surface area contributed by atoms with Gasteiger partial charge in [-0.05, 0) is 99.6 Å². The maximum Gasteiger partial charge on any atom is 0.155 e.